The van der Waals surface area contributed by atoms with Gasteiger partial charge in [-0.1, -0.05) is 17.7 Å². The largest absolute Gasteiger partial charge is 0.228 e. The summed E-state index contributed by atoms with van der Waals surface area (Å²) < 4.78 is 0. The smallest absolute Gasteiger partial charge is 0.224 e. The minimum Gasteiger partial charge on any atom is -0.228 e. The van der Waals surface area contributed by atoms with Gasteiger partial charge >= 0.3 is 0 Å². The average molecular weight is 264 g/mol. The molecule has 84 valence electrons. The molecule has 2 heterocycles. The van der Waals surface area contributed by atoms with Crippen molar-refractivity contribution in [3.05, 3.63) is 40.3 Å². The number of aryl methyl sites for hydroxylation is 1. The molecule has 0 amide bonds. The first kappa shape index (κ1) is 10.7. The van der Waals surface area contributed by atoms with E-state index in [4.69, 9.17) is 23.2 Å². The summed E-state index contributed by atoms with van der Waals surface area (Å²) in [6.45, 7) is 1.94. The van der Waals surface area contributed by atoms with Crippen molar-refractivity contribution < 1.29 is 0 Å². The number of nitrogens with zero attached hydrogens (tertiary/aromatic N) is 3. The second-order valence-corrected chi connectivity index (χ2v) is 4.53. The van der Waals surface area contributed by atoms with Gasteiger partial charge in [-0.05, 0) is 36.2 Å². The van der Waals surface area contributed by atoms with E-state index in [0.717, 1.165) is 21.9 Å². The topological polar surface area (TPSA) is 38.7 Å². The van der Waals surface area contributed by atoms with Crippen LogP contribution in [0.2, 0.25) is 10.3 Å². The van der Waals surface area contributed by atoms with Crippen molar-refractivity contribution >= 4 is 45.1 Å². The van der Waals surface area contributed by atoms with Crippen molar-refractivity contribution in [2.24, 2.45) is 0 Å². The predicted octanol–water partition coefficient (Wildman–Crippen LogP) is 3.79. The molecule has 0 aliphatic carbocycles. The Kier molecular flexibility index (Phi) is 2.38. The first-order chi connectivity index (χ1) is 8.15. The number of aromatic nitrogens is 3. The van der Waals surface area contributed by atoms with Crippen LogP contribution in [0.5, 0.6) is 0 Å². The molecule has 0 atom stereocenters. The SMILES string of the molecule is Cc1c(Cl)ccc2cc3cnc(Cl)nc3nc12. The summed E-state index contributed by atoms with van der Waals surface area (Å²) in [5.74, 6) is 0. The predicted molar refractivity (Wildman–Crippen MR) is 69.6 cm³/mol. The van der Waals surface area contributed by atoms with Gasteiger partial charge in [-0.15, -0.1) is 0 Å². The molecule has 0 aliphatic rings. The summed E-state index contributed by atoms with van der Waals surface area (Å²) in [6.07, 6.45) is 1.67. The van der Waals surface area contributed by atoms with Crippen LogP contribution in [0.4, 0.5) is 0 Å². The molecule has 0 fully saturated rings. The lowest BCUT2D eigenvalue weighted by Crippen LogP contribution is -1.91. The monoisotopic (exact) mass is 263 g/mol. The molecule has 2 aromatic heterocycles. The fourth-order valence-corrected chi connectivity index (χ4v) is 2.07. The molecule has 0 spiro atoms. The van der Waals surface area contributed by atoms with Gasteiger partial charge in [0.05, 0.1) is 5.52 Å². The van der Waals surface area contributed by atoms with E-state index < -0.39 is 0 Å². The Morgan fingerprint density at radius 3 is 2.71 bits per heavy atom. The van der Waals surface area contributed by atoms with Crippen LogP contribution < -0.4 is 0 Å². The number of pyridine rings is 1. The molecular formula is C12H7Cl2N3. The zero-order chi connectivity index (χ0) is 12.0. The highest BCUT2D eigenvalue weighted by molar-refractivity contribution is 6.32. The Labute approximate surface area is 107 Å². The van der Waals surface area contributed by atoms with E-state index in [9.17, 15) is 0 Å². The van der Waals surface area contributed by atoms with E-state index in [1.807, 2.05) is 25.1 Å². The number of halogens is 2. The number of rotatable bonds is 0. The zero-order valence-corrected chi connectivity index (χ0v) is 10.4. The van der Waals surface area contributed by atoms with E-state index >= 15 is 0 Å². The maximum absolute atomic E-state index is 6.07. The third-order valence-electron chi connectivity index (χ3n) is 2.69. The van der Waals surface area contributed by atoms with E-state index in [-0.39, 0.29) is 5.28 Å². The first-order valence-electron chi connectivity index (χ1n) is 5.03. The van der Waals surface area contributed by atoms with Crippen LogP contribution in [0, 0.1) is 6.92 Å². The van der Waals surface area contributed by atoms with Crippen molar-refractivity contribution in [3.63, 3.8) is 0 Å². The average Bonchev–Trinajstić information content (AvgIpc) is 2.32. The van der Waals surface area contributed by atoms with Crippen molar-refractivity contribution in [1.82, 2.24) is 15.0 Å². The molecule has 3 rings (SSSR count). The Balaban J connectivity index is 2.48. The van der Waals surface area contributed by atoms with Crippen LogP contribution in [0.15, 0.2) is 24.4 Å². The lowest BCUT2D eigenvalue weighted by Gasteiger charge is -2.05. The van der Waals surface area contributed by atoms with Gasteiger partial charge in [0.1, 0.15) is 0 Å². The zero-order valence-electron chi connectivity index (χ0n) is 8.91. The van der Waals surface area contributed by atoms with Crippen molar-refractivity contribution in [3.8, 4) is 0 Å². The molecule has 17 heavy (non-hydrogen) atoms. The van der Waals surface area contributed by atoms with Crippen LogP contribution in [0.1, 0.15) is 5.56 Å². The summed E-state index contributed by atoms with van der Waals surface area (Å²) >= 11 is 11.8. The molecule has 0 saturated carbocycles. The van der Waals surface area contributed by atoms with Crippen LogP contribution in [0.25, 0.3) is 21.9 Å². The number of hydrogen-bond acceptors (Lipinski definition) is 3. The Bertz CT molecular complexity index is 740. The van der Waals surface area contributed by atoms with Crippen LogP contribution >= 0.6 is 23.2 Å². The molecule has 0 saturated heterocycles. The van der Waals surface area contributed by atoms with Gasteiger partial charge in [0.2, 0.25) is 5.28 Å². The van der Waals surface area contributed by atoms with Crippen molar-refractivity contribution in [2.45, 2.75) is 6.92 Å². The summed E-state index contributed by atoms with van der Waals surface area (Å²) in [4.78, 5) is 12.5. The quantitative estimate of drug-likeness (QED) is 0.458. The van der Waals surface area contributed by atoms with Gasteiger partial charge in [-0.3, -0.25) is 0 Å². The van der Waals surface area contributed by atoms with Gasteiger partial charge in [0.25, 0.3) is 0 Å². The molecule has 0 bridgehead atoms. The van der Waals surface area contributed by atoms with Crippen LogP contribution in [-0.2, 0) is 0 Å². The summed E-state index contributed by atoms with van der Waals surface area (Å²) in [5, 5.41) is 2.78. The second-order valence-electron chi connectivity index (χ2n) is 3.78. The van der Waals surface area contributed by atoms with Gasteiger partial charge in [0.15, 0.2) is 5.65 Å². The molecule has 0 aliphatic heterocycles. The number of benzene rings is 1. The van der Waals surface area contributed by atoms with E-state index in [2.05, 4.69) is 15.0 Å². The molecule has 5 heteroatoms. The molecule has 1 aromatic carbocycles. The molecule has 3 aromatic rings. The molecule has 0 radical (unpaired) electrons. The van der Waals surface area contributed by atoms with E-state index in [1.54, 1.807) is 6.20 Å². The summed E-state index contributed by atoms with van der Waals surface area (Å²) in [5.41, 5.74) is 2.38. The highest BCUT2D eigenvalue weighted by Crippen LogP contribution is 2.26. The lowest BCUT2D eigenvalue weighted by molar-refractivity contribution is 1.19. The van der Waals surface area contributed by atoms with Gasteiger partial charge in [-0.2, -0.15) is 4.98 Å². The van der Waals surface area contributed by atoms with Gasteiger partial charge < -0.3 is 0 Å². The molecule has 0 N–H and O–H groups in total. The highest BCUT2D eigenvalue weighted by Gasteiger charge is 2.06. The van der Waals surface area contributed by atoms with Crippen LogP contribution in [0.3, 0.4) is 0 Å². The van der Waals surface area contributed by atoms with Crippen molar-refractivity contribution in [1.29, 1.82) is 0 Å². The Hall–Kier alpha value is -1.45. The standard InChI is InChI=1S/C12H7Cl2N3/c1-6-9(13)3-2-7-4-8-5-15-12(14)17-11(8)16-10(6)7/h2-5H,1H3. The minimum absolute atomic E-state index is 0.198. The molecule has 0 unspecified atom stereocenters. The van der Waals surface area contributed by atoms with Crippen LogP contribution in [-0.4, -0.2) is 15.0 Å². The second kappa shape index (κ2) is 3.79. The summed E-state index contributed by atoms with van der Waals surface area (Å²) in [6, 6.07) is 5.78. The Morgan fingerprint density at radius 2 is 1.88 bits per heavy atom. The van der Waals surface area contributed by atoms with Gasteiger partial charge in [0, 0.05) is 22.0 Å². The number of hydrogen-bond donors (Lipinski definition) is 0. The maximum Gasteiger partial charge on any atom is 0.224 e. The third-order valence-corrected chi connectivity index (χ3v) is 3.28. The first-order valence-corrected chi connectivity index (χ1v) is 5.79. The minimum atomic E-state index is 0.198. The lowest BCUT2D eigenvalue weighted by atomic mass is 10.1. The fraction of sp³-hybridized carbons (Fsp3) is 0.0833. The van der Waals surface area contributed by atoms with Crippen molar-refractivity contribution in [2.75, 3.05) is 0 Å². The fourth-order valence-electron chi connectivity index (χ4n) is 1.79. The van der Waals surface area contributed by atoms with E-state index in [0.29, 0.717) is 10.7 Å². The maximum atomic E-state index is 6.07. The third kappa shape index (κ3) is 1.72. The Morgan fingerprint density at radius 1 is 1.06 bits per heavy atom. The highest BCUT2D eigenvalue weighted by atomic mass is 35.5. The normalized spacial score (nSPS) is 11.2. The number of fused-ring (bicyclic) bond motifs is 2. The molecular weight excluding hydrogens is 257 g/mol. The van der Waals surface area contributed by atoms with E-state index in [1.165, 1.54) is 0 Å². The summed E-state index contributed by atoms with van der Waals surface area (Å²) in [7, 11) is 0. The molecule has 3 nitrogen and oxygen atoms in total. The van der Waals surface area contributed by atoms with Gasteiger partial charge in [-0.25, -0.2) is 9.97 Å².